The van der Waals surface area contributed by atoms with Crippen LogP contribution in [0.1, 0.15) is 6.92 Å². The molecule has 0 bridgehead atoms. The van der Waals surface area contributed by atoms with Crippen LogP contribution in [0.15, 0.2) is 12.7 Å². The second-order valence-corrected chi connectivity index (χ2v) is 2.74. The maximum Gasteiger partial charge on any atom is 0.253 e. The molecule has 11 heavy (non-hydrogen) atoms. The van der Waals surface area contributed by atoms with Crippen molar-refractivity contribution in [2.75, 3.05) is 13.2 Å². The molecule has 1 heterocycles. The van der Waals surface area contributed by atoms with Crippen molar-refractivity contribution in [1.29, 1.82) is 0 Å². The molecule has 0 aliphatic carbocycles. The Kier molecular flexibility index (Phi) is 2.33. The Morgan fingerprint density at radius 3 is 2.55 bits per heavy atom. The SMILES string of the molecule is C#CC1(C=C)OCC(C)CO1. The lowest BCUT2D eigenvalue weighted by molar-refractivity contribution is -0.217. The van der Waals surface area contributed by atoms with Crippen molar-refractivity contribution in [2.45, 2.75) is 12.7 Å². The standard InChI is InChI=1S/C9H12O2/c1-4-9(5-2)10-6-8(3)7-11-9/h1,5,8H,2,6-7H2,3H3. The van der Waals surface area contributed by atoms with Crippen LogP contribution in [0.3, 0.4) is 0 Å². The van der Waals surface area contributed by atoms with Gasteiger partial charge in [0.1, 0.15) is 0 Å². The van der Waals surface area contributed by atoms with Crippen molar-refractivity contribution < 1.29 is 9.47 Å². The number of hydrogen-bond donors (Lipinski definition) is 0. The molecule has 0 unspecified atom stereocenters. The van der Waals surface area contributed by atoms with E-state index in [0.717, 1.165) is 0 Å². The van der Waals surface area contributed by atoms with E-state index in [1.54, 1.807) is 0 Å². The molecule has 1 aliphatic rings. The third-order valence-corrected chi connectivity index (χ3v) is 1.63. The van der Waals surface area contributed by atoms with Gasteiger partial charge in [-0.2, -0.15) is 0 Å². The summed E-state index contributed by atoms with van der Waals surface area (Å²) < 4.78 is 10.6. The minimum absolute atomic E-state index is 0.413. The molecule has 0 amide bonds. The van der Waals surface area contributed by atoms with Crippen LogP contribution in [0.25, 0.3) is 0 Å². The molecule has 0 aromatic heterocycles. The Morgan fingerprint density at radius 2 is 2.18 bits per heavy atom. The van der Waals surface area contributed by atoms with Crippen molar-refractivity contribution in [1.82, 2.24) is 0 Å². The van der Waals surface area contributed by atoms with E-state index in [0.29, 0.717) is 19.1 Å². The van der Waals surface area contributed by atoms with Crippen LogP contribution >= 0.6 is 0 Å². The van der Waals surface area contributed by atoms with E-state index in [4.69, 9.17) is 15.9 Å². The quantitative estimate of drug-likeness (QED) is 0.415. The van der Waals surface area contributed by atoms with Gasteiger partial charge in [-0.3, -0.25) is 0 Å². The first-order chi connectivity index (χ1) is 5.22. The zero-order valence-corrected chi connectivity index (χ0v) is 6.67. The Hall–Kier alpha value is -0.780. The highest BCUT2D eigenvalue weighted by molar-refractivity contribution is 5.13. The van der Waals surface area contributed by atoms with Gasteiger partial charge >= 0.3 is 0 Å². The van der Waals surface area contributed by atoms with Crippen molar-refractivity contribution in [3.8, 4) is 12.3 Å². The van der Waals surface area contributed by atoms with Crippen molar-refractivity contribution in [2.24, 2.45) is 5.92 Å². The summed E-state index contributed by atoms with van der Waals surface area (Å²) in [5, 5.41) is 0. The Labute approximate surface area is 67.2 Å². The molecule has 0 radical (unpaired) electrons. The highest BCUT2D eigenvalue weighted by atomic mass is 16.7. The zero-order valence-electron chi connectivity index (χ0n) is 6.67. The molecule has 60 valence electrons. The van der Waals surface area contributed by atoms with E-state index in [1.165, 1.54) is 6.08 Å². The number of ether oxygens (including phenoxy) is 2. The van der Waals surface area contributed by atoms with Crippen LogP contribution in [-0.4, -0.2) is 19.0 Å². The van der Waals surface area contributed by atoms with Crippen LogP contribution in [0.5, 0.6) is 0 Å². The smallest absolute Gasteiger partial charge is 0.253 e. The van der Waals surface area contributed by atoms with Gasteiger partial charge in [0.25, 0.3) is 5.79 Å². The maximum absolute atomic E-state index is 5.30. The van der Waals surface area contributed by atoms with Crippen molar-refractivity contribution in [3.05, 3.63) is 12.7 Å². The summed E-state index contributed by atoms with van der Waals surface area (Å²) in [5.41, 5.74) is 0. The molecule has 0 saturated carbocycles. The van der Waals surface area contributed by atoms with E-state index in [2.05, 4.69) is 12.5 Å². The molecule has 0 spiro atoms. The lowest BCUT2D eigenvalue weighted by atomic mass is 10.1. The molecule has 0 atom stereocenters. The van der Waals surface area contributed by atoms with Gasteiger partial charge in [0, 0.05) is 5.92 Å². The minimum atomic E-state index is -0.966. The Morgan fingerprint density at radius 1 is 1.64 bits per heavy atom. The molecule has 1 saturated heterocycles. The number of terminal acetylenes is 1. The van der Waals surface area contributed by atoms with E-state index in [9.17, 15) is 0 Å². The topological polar surface area (TPSA) is 18.5 Å². The van der Waals surface area contributed by atoms with Crippen molar-refractivity contribution >= 4 is 0 Å². The van der Waals surface area contributed by atoms with Gasteiger partial charge in [-0.05, 0) is 12.0 Å². The number of rotatable bonds is 1. The fourth-order valence-corrected chi connectivity index (χ4v) is 0.882. The molecule has 0 aromatic carbocycles. The maximum atomic E-state index is 5.30. The highest BCUT2D eigenvalue weighted by Gasteiger charge is 2.31. The molecule has 1 rings (SSSR count). The molecule has 2 nitrogen and oxygen atoms in total. The molecule has 1 aliphatic heterocycles. The third-order valence-electron chi connectivity index (χ3n) is 1.63. The normalized spacial score (nSPS) is 37.6. The van der Waals surface area contributed by atoms with Crippen LogP contribution in [0, 0.1) is 18.3 Å². The monoisotopic (exact) mass is 152 g/mol. The first-order valence-electron chi connectivity index (χ1n) is 3.62. The minimum Gasteiger partial charge on any atom is -0.336 e. The van der Waals surface area contributed by atoms with E-state index < -0.39 is 5.79 Å². The molecule has 1 fully saturated rings. The van der Waals surface area contributed by atoms with Gasteiger partial charge < -0.3 is 9.47 Å². The summed E-state index contributed by atoms with van der Waals surface area (Å²) in [7, 11) is 0. The summed E-state index contributed by atoms with van der Waals surface area (Å²) in [6.45, 7) is 6.88. The molecule has 0 N–H and O–H groups in total. The van der Waals surface area contributed by atoms with Gasteiger partial charge in [0.05, 0.1) is 13.2 Å². The largest absolute Gasteiger partial charge is 0.336 e. The molecule has 2 heteroatoms. The average molecular weight is 152 g/mol. The average Bonchev–Trinajstić information content (AvgIpc) is 2.07. The molecular weight excluding hydrogens is 140 g/mol. The summed E-state index contributed by atoms with van der Waals surface area (Å²) in [6.07, 6.45) is 6.74. The first kappa shape index (κ1) is 8.32. The number of hydrogen-bond acceptors (Lipinski definition) is 2. The second-order valence-electron chi connectivity index (χ2n) is 2.74. The Bertz CT molecular complexity index is 182. The van der Waals surface area contributed by atoms with Gasteiger partial charge in [0.15, 0.2) is 0 Å². The zero-order chi connectivity index (χ0) is 8.32. The fraction of sp³-hybridized carbons (Fsp3) is 0.556. The lowest BCUT2D eigenvalue weighted by Crippen LogP contribution is -2.40. The van der Waals surface area contributed by atoms with E-state index in [-0.39, 0.29) is 0 Å². The highest BCUT2D eigenvalue weighted by Crippen LogP contribution is 2.21. The van der Waals surface area contributed by atoms with Crippen LogP contribution in [-0.2, 0) is 9.47 Å². The molecular formula is C9H12O2. The van der Waals surface area contributed by atoms with Gasteiger partial charge in [-0.1, -0.05) is 13.5 Å². The van der Waals surface area contributed by atoms with Crippen LogP contribution in [0.4, 0.5) is 0 Å². The van der Waals surface area contributed by atoms with E-state index in [1.807, 2.05) is 6.92 Å². The second kappa shape index (κ2) is 3.08. The lowest BCUT2D eigenvalue weighted by Gasteiger charge is -2.32. The predicted octanol–water partition coefficient (Wildman–Crippen LogP) is 1.18. The van der Waals surface area contributed by atoms with E-state index >= 15 is 0 Å². The Balaban J connectivity index is 2.61. The fourth-order valence-electron chi connectivity index (χ4n) is 0.882. The van der Waals surface area contributed by atoms with Gasteiger partial charge in [0.2, 0.25) is 0 Å². The van der Waals surface area contributed by atoms with Crippen LogP contribution in [0.2, 0.25) is 0 Å². The predicted molar refractivity (Wildman–Crippen MR) is 42.8 cm³/mol. The summed E-state index contributed by atoms with van der Waals surface area (Å²) in [5.74, 6) is 1.87. The van der Waals surface area contributed by atoms with Crippen LogP contribution < -0.4 is 0 Å². The summed E-state index contributed by atoms with van der Waals surface area (Å²) in [4.78, 5) is 0. The summed E-state index contributed by atoms with van der Waals surface area (Å²) >= 11 is 0. The molecule has 0 aromatic rings. The first-order valence-corrected chi connectivity index (χ1v) is 3.62. The summed E-state index contributed by atoms with van der Waals surface area (Å²) in [6, 6.07) is 0. The van der Waals surface area contributed by atoms with Gasteiger partial charge in [-0.15, -0.1) is 6.42 Å². The van der Waals surface area contributed by atoms with Gasteiger partial charge in [-0.25, -0.2) is 0 Å². The third kappa shape index (κ3) is 1.62. The van der Waals surface area contributed by atoms with Crippen molar-refractivity contribution in [3.63, 3.8) is 0 Å².